The van der Waals surface area contributed by atoms with Crippen LogP contribution in [0.25, 0.3) is 0 Å². The van der Waals surface area contributed by atoms with E-state index in [9.17, 15) is 31.2 Å². The third kappa shape index (κ3) is 225. The lowest BCUT2D eigenvalue weighted by atomic mass is 10.3. The SMILES string of the molecule is CC(C)=O.CC(O)C(C)O.CC=CC.CCC(C)=O.CCC(C)O.CCNC.CCNS(C)(=O)=O.CNC(=O)CC(C)O.CNCC(C)O.CNS(C)(=O)=O. The van der Waals surface area contributed by atoms with Gasteiger partial charge in [0.15, 0.2) is 0 Å². The molecule has 0 spiro atoms. The Kier molecular flexibility index (Phi) is 86.5. The number of allylic oxidation sites excluding steroid dienone is 2. The van der Waals surface area contributed by atoms with Gasteiger partial charge in [0, 0.05) is 26.6 Å². The van der Waals surface area contributed by atoms with Gasteiger partial charge in [-0.25, -0.2) is 26.3 Å². The summed E-state index contributed by atoms with van der Waals surface area (Å²) in [7, 11) is 0.823. The van der Waals surface area contributed by atoms with Gasteiger partial charge in [0.25, 0.3) is 0 Å². The Hall–Kier alpha value is -1.91. The van der Waals surface area contributed by atoms with Gasteiger partial charge in [0.05, 0.1) is 49.5 Å². The van der Waals surface area contributed by atoms with Crippen molar-refractivity contribution in [2.24, 2.45) is 0 Å². The van der Waals surface area contributed by atoms with Crippen molar-refractivity contribution in [3.05, 3.63) is 12.2 Å². The second kappa shape index (κ2) is 61.3. The molecule has 55 heavy (non-hydrogen) atoms. The monoisotopic (exact) mass is 848 g/mol. The minimum atomic E-state index is -2.92. The summed E-state index contributed by atoms with van der Waals surface area (Å²) in [6, 6.07) is 0. The van der Waals surface area contributed by atoms with Crippen LogP contribution in [0.1, 0.15) is 116 Å². The largest absolute Gasteiger partial charge is 0.393 e. The number of carbonyl (C=O) groups excluding carboxylic acids is 3. The minimum absolute atomic E-state index is 0.116. The Morgan fingerprint density at radius 3 is 0.927 bits per heavy atom. The van der Waals surface area contributed by atoms with Crippen LogP contribution >= 0.6 is 0 Å². The lowest BCUT2D eigenvalue weighted by Gasteiger charge is -2.03. The maximum atomic E-state index is 10.4. The number of hydrogen-bond acceptors (Lipinski definition) is 14. The second-order valence-corrected chi connectivity index (χ2v) is 15.2. The van der Waals surface area contributed by atoms with E-state index in [-0.39, 0.29) is 36.1 Å². The standard InChI is InChI=1S/C5H11NO2.C4H11NO.C4H10O2.C4H10O.C4H8O.C4H8.C3H9NO2S.C3H9N.C3H6O.C2H7NO2S/c1-4(7)3-5(8)6-2;1-4(6)3-5-2;1-3(5)4(2)6;2*1-3-4(2)5;1-3-4-2;1-3-4-7(2,5)6;1-3-4-2;1-3(2)4;1-3-6(2,4)5/h4,7H,3H2,1-2H3,(H,6,8);4-6H,3H2,1-2H3;3-6H,1-2H3;4-5H,3H2,1-2H3;3H2,1-2H3;3-4H,1-2H3;4H,3H2,1-2H3;4H,3H2,1-2H3;1-2H3;3H,1-2H3. The summed E-state index contributed by atoms with van der Waals surface area (Å²) >= 11 is 0. The number of aliphatic hydroxyl groups is 5. The molecule has 19 heteroatoms. The van der Waals surface area contributed by atoms with E-state index in [0.29, 0.717) is 19.5 Å². The van der Waals surface area contributed by atoms with Crippen LogP contribution in [0.2, 0.25) is 0 Å². The molecule has 0 aliphatic rings. The van der Waals surface area contributed by atoms with Crippen LogP contribution < -0.4 is 25.4 Å². The second-order valence-electron chi connectivity index (χ2n) is 11.5. The minimum Gasteiger partial charge on any atom is -0.393 e. The summed E-state index contributed by atoms with van der Waals surface area (Å²) in [4.78, 5) is 29.6. The molecule has 0 heterocycles. The van der Waals surface area contributed by atoms with Crippen LogP contribution in [-0.4, -0.2) is 151 Å². The predicted octanol–water partition coefficient (Wildman–Crippen LogP) is 1.72. The molecule has 0 radical (unpaired) electrons. The third-order valence-corrected chi connectivity index (χ3v) is 6.06. The van der Waals surface area contributed by atoms with E-state index in [1.54, 1.807) is 55.5 Å². The third-order valence-electron chi connectivity index (χ3n) is 4.51. The molecule has 0 aromatic heterocycles. The molecule has 0 rings (SSSR count). The quantitative estimate of drug-likeness (QED) is 0.133. The molecule has 0 aromatic carbocycles. The Balaban J connectivity index is -0.0000000516. The molecule has 5 unspecified atom stereocenters. The summed E-state index contributed by atoms with van der Waals surface area (Å²) in [6.45, 7) is 26.7. The van der Waals surface area contributed by atoms with Crippen LogP contribution in [0, 0.1) is 0 Å². The molecule has 342 valence electrons. The number of rotatable bonds is 11. The van der Waals surface area contributed by atoms with Gasteiger partial charge in [0.1, 0.15) is 11.6 Å². The molecule has 10 N–H and O–H groups in total. The number of aliphatic hydroxyl groups excluding tert-OH is 5. The van der Waals surface area contributed by atoms with Crippen LogP contribution in [0.15, 0.2) is 12.2 Å². The smallest absolute Gasteiger partial charge is 0.222 e. The van der Waals surface area contributed by atoms with Crippen molar-refractivity contribution in [1.29, 1.82) is 0 Å². The summed E-state index contributed by atoms with van der Waals surface area (Å²) in [5.74, 6) is 0.296. The van der Waals surface area contributed by atoms with Crippen molar-refractivity contribution in [2.45, 2.75) is 147 Å². The zero-order chi connectivity index (χ0) is 46.8. The fraction of sp³-hybridized carbons (Fsp3) is 0.861. The summed E-state index contributed by atoms with van der Waals surface area (Å²) < 4.78 is 44.4. The average Bonchev–Trinajstić information content (AvgIpc) is 3.05. The number of nitrogens with one attached hydrogen (secondary N) is 5. The molecule has 1 amide bonds. The van der Waals surface area contributed by atoms with E-state index in [1.807, 2.05) is 53.9 Å². The molecule has 5 atom stereocenters. The Labute approximate surface area is 338 Å². The topological polar surface area (TPSA) is 281 Å². The van der Waals surface area contributed by atoms with Gasteiger partial charge in [0.2, 0.25) is 26.0 Å². The molecule has 0 aromatic rings. The van der Waals surface area contributed by atoms with Crippen LogP contribution in [-0.2, 0) is 34.4 Å². The van der Waals surface area contributed by atoms with Crippen LogP contribution in [0.5, 0.6) is 0 Å². The predicted molar refractivity (Wildman–Crippen MR) is 231 cm³/mol. The van der Waals surface area contributed by atoms with Gasteiger partial charge in [-0.2, -0.15) is 0 Å². The van der Waals surface area contributed by atoms with Gasteiger partial charge in [-0.1, -0.05) is 39.8 Å². The molecule has 0 fully saturated rings. The van der Waals surface area contributed by atoms with E-state index in [2.05, 4.69) is 32.3 Å². The highest BCUT2D eigenvalue weighted by atomic mass is 32.2. The summed E-state index contributed by atoms with van der Waals surface area (Å²) in [5.41, 5.74) is 0. The van der Waals surface area contributed by atoms with E-state index in [4.69, 9.17) is 25.5 Å². The van der Waals surface area contributed by atoms with Crippen LogP contribution in [0.4, 0.5) is 0 Å². The highest BCUT2D eigenvalue weighted by Gasteiger charge is 2.01. The maximum absolute atomic E-state index is 10.4. The number of Topliss-reactive ketones (excluding diaryl/α,β-unsaturated/α-hetero) is 2. The first-order valence-electron chi connectivity index (χ1n) is 18.1. The maximum Gasteiger partial charge on any atom is 0.222 e. The van der Waals surface area contributed by atoms with Gasteiger partial charge in [-0.05, 0) is 103 Å². The molecule has 17 nitrogen and oxygen atoms in total. The number of sulfonamides is 2. The average molecular weight is 848 g/mol. The molecular weight excluding hydrogens is 759 g/mol. The van der Waals surface area contributed by atoms with Gasteiger partial charge in [-0.15, -0.1) is 0 Å². The fourth-order valence-corrected chi connectivity index (χ4v) is 1.45. The Morgan fingerprint density at radius 2 is 0.909 bits per heavy atom. The number of ketones is 2. The lowest BCUT2D eigenvalue weighted by molar-refractivity contribution is -0.122. The fourth-order valence-electron chi connectivity index (χ4n) is 0.928. The summed E-state index contributed by atoms with van der Waals surface area (Å²) in [6.07, 6.45) is 5.91. The number of hydrogen-bond donors (Lipinski definition) is 10. The Bertz CT molecular complexity index is 977. The van der Waals surface area contributed by atoms with Crippen molar-refractivity contribution in [3.8, 4) is 0 Å². The first kappa shape index (κ1) is 77.6. The van der Waals surface area contributed by atoms with Gasteiger partial charge < -0.3 is 51.1 Å². The van der Waals surface area contributed by atoms with E-state index >= 15 is 0 Å². The summed E-state index contributed by atoms with van der Waals surface area (Å²) in [5, 5.41) is 50.3. The first-order valence-corrected chi connectivity index (χ1v) is 21.9. The highest BCUT2D eigenvalue weighted by molar-refractivity contribution is 7.88. The molecule has 0 saturated heterocycles. The Morgan fingerprint density at radius 1 is 0.618 bits per heavy atom. The number of carbonyl (C=O) groups is 3. The van der Waals surface area contributed by atoms with E-state index in [0.717, 1.165) is 25.5 Å². The zero-order valence-corrected chi connectivity index (χ0v) is 39.8. The van der Waals surface area contributed by atoms with Crippen molar-refractivity contribution in [2.75, 3.05) is 60.3 Å². The van der Waals surface area contributed by atoms with Crippen molar-refractivity contribution in [3.63, 3.8) is 0 Å². The van der Waals surface area contributed by atoms with Crippen molar-refractivity contribution >= 4 is 37.5 Å². The molecule has 0 aliphatic heterocycles. The molecule has 0 aliphatic carbocycles. The lowest BCUT2D eigenvalue weighted by Crippen LogP contribution is -2.21. The van der Waals surface area contributed by atoms with Gasteiger partial charge in [-0.3, -0.25) is 4.79 Å². The number of likely N-dealkylation sites (N-methyl/N-ethyl adjacent to an activating group) is 1. The highest BCUT2D eigenvalue weighted by Crippen LogP contribution is 1.86. The zero-order valence-electron chi connectivity index (χ0n) is 38.2. The molecular formula is C36H89N5O12S2. The first-order chi connectivity index (χ1) is 24.8. The van der Waals surface area contributed by atoms with E-state index < -0.39 is 38.4 Å². The van der Waals surface area contributed by atoms with Crippen molar-refractivity contribution < 1.29 is 56.8 Å². The van der Waals surface area contributed by atoms with Crippen LogP contribution in [0.3, 0.4) is 0 Å². The molecule has 0 bridgehead atoms. The van der Waals surface area contributed by atoms with Gasteiger partial charge >= 0.3 is 0 Å². The van der Waals surface area contributed by atoms with E-state index in [1.165, 1.54) is 20.9 Å². The number of amides is 1. The normalized spacial score (nSPS) is 12.2. The van der Waals surface area contributed by atoms with Crippen molar-refractivity contribution in [1.82, 2.24) is 25.4 Å². The molecule has 0 saturated carbocycles.